The molecular weight excluding hydrogens is 612 g/mol. The van der Waals surface area contributed by atoms with Crippen molar-refractivity contribution in [3.8, 4) is 0 Å². The molecule has 0 amide bonds. The zero-order valence-electron chi connectivity index (χ0n) is 31.3. The van der Waals surface area contributed by atoms with Gasteiger partial charge in [0, 0.05) is 24.4 Å². The van der Waals surface area contributed by atoms with Crippen LogP contribution in [0.5, 0.6) is 0 Å². The molecule has 0 N–H and O–H groups in total. The van der Waals surface area contributed by atoms with Gasteiger partial charge in [0.05, 0.1) is 17.1 Å². The molecule has 0 aromatic heterocycles. The number of benzene rings is 1. The molecule has 0 heterocycles. The summed E-state index contributed by atoms with van der Waals surface area (Å²) in [6, 6.07) is 7.94. The Labute approximate surface area is 295 Å². The summed E-state index contributed by atoms with van der Waals surface area (Å²) in [4.78, 5) is 26.5. The number of azo groups is 1. The van der Waals surface area contributed by atoms with Gasteiger partial charge < -0.3 is 14.2 Å². The second kappa shape index (κ2) is 17.2. The second-order valence-electron chi connectivity index (χ2n) is 14.6. The zero-order valence-corrected chi connectivity index (χ0v) is 31.3. The molecule has 0 spiro atoms. The van der Waals surface area contributed by atoms with Crippen molar-refractivity contribution < 1.29 is 23.8 Å². The van der Waals surface area contributed by atoms with E-state index in [0.29, 0.717) is 30.6 Å². The number of allylic oxidation sites excluding steroid dienone is 8. The van der Waals surface area contributed by atoms with E-state index in [-0.39, 0.29) is 23.2 Å². The third kappa shape index (κ3) is 7.93. The summed E-state index contributed by atoms with van der Waals surface area (Å²) < 4.78 is 19.3. The predicted molar refractivity (Wildman–Crippen MR) is 196 cm³/mol. The van der Waals surface area contributed by atoms with Crippen LogP contribution in [-0.4, -0.2) is 37.7 Å². The Morgan fingerprint density at radius 3 is 2.51 bits per heavy atom. The summed E-state index contributed by atoms with van der Waals surface area (Å²) >= 11 is 0. The van der Waals surface area contributed by atoms with E-state index in [1.165, 1.54) is 5.57 Å². The molecular formula is C42H60N2O5. The zero-order chi connectivity index (χ0) is 35.7. The Morgan fingerprint density at radius 2 is 1.84 bits per heavy atom. The minimum absolute atomic E-state index is 0.00125. The summed E-state index contributed by atoms with van der Waals surface area (Å²) in [5.74, 6) is 1.91. The molecule has 3 saturated carbocycles. The van der Waals surface area contributed by atoms with Crippen molar-refractivity contribution in [2.45, 2.75) is 125 Å². The first-order chi connectivity index (χ1) is 23.6. The number of carbonyl (C=O) groups is 2. The van der Waals surface area contributed by atoms with Crippen molar-refractivity contribution in [2.75, 3.05) is 13.7 Å². The molecule has 7 nitrogen and oxygen atoms in total. The third-order valence-corrected chi connectivity index (χ3v) is 12.0. The molecule has 4 rings (SSSR count). The molecule has 3 aliphatic rings. The fourth-order valence-corrected chi connectivity index (χ4v) is 9.41. The molecule has 49 heavy (non-hydrogen) atoms. The molecule has 1 aromatic carbocycles. The minimum atomic E-state index is -1.01. The van der Waals surface area contributed by atoms with Crippen molar-refractivity contribution >= 4 is 17.8 Å². The molecule has 0 aliphatic heterocycles. The lowest BCUT2D eigenvalue weighted by Crippen LogP contribution is -2.60. The SMILES string of the molecule is C/C=C\C1(C)/C(=C\C=O)CCC2C1CCC1(C)C2CCC1(OC(CCC)OC)C(=O)COC(=CCC)Cc1ccccc1N=N/C(C)=C/C. The van der Waals surface area contributed by atoms with Gasteiger partial charge in [-0.1, -0.05) is 76.1 Å². The molecule has 268 valence electrons. The van der Waals surface area contributed by atoms with Crippen molar-refractivity contribution in [1.82, 2.24) is 0 Å². The van der Waals surface area contributed by atoms with Gasteiger partial charge in [0.25, 0.3) is 0 Å². The summed E-state index contributed by atoms with van der Waals surface area (Å²) in [7, 11) is 1.68. The van der Waals surface area contributed by atoms with Gasteiger partial charge in [0.2, 0.25) is 5.78 Å². The van der Waals surface area contributed by atoms with Crippen LogP contribution < -0.4 is 0 Å². The van der Waals surface area contributed by atoms with Gasteiger partial charge in [-0.15, -0.1) is 0 Å². The Balaban J connectivity index is 1.64. The molecule has 1 aromatic rings. The molecule has 0 saturated heterocycles. The number of carbonyl (C=O) groups excluding carboxylic acids is 2. The van der Waals surface area contributed by atoms with E-state index in [1.54, 1.807) is 13.2 Å². The number of rotatable bonds is 16. The van der Waals surface area contributed by atoms with Gasteiger partial charge in [-0.05, 0) is 114 Å². The van der Waals surface area contributed by atoms with E-state index in [9.17, 15) is 9.59 Å². The van der Waals surface area contributed by atoms with E-state index in [2.05, 4.69) is 63.1 Å². The quantitative estimate of drug-likeness (QED) is 0.0436. The maximum Gasteiger partial charge on any atom is 0.202 e. The van der Waals surface area contributed by atoms with E-state index >= 15 is 0 Å². The average Bonchev–Trinajstić information content (AvgIpc) is 3.40. The molecule has 0 bridgehead atoms. The smallest absolute Gasteiger partial charge is 0.202 e. The third-order valence-electron chi connectivity index (χ3n) is 12.0. The lowest BCUT2D eigenvalue weighted by molar-refractivity contribution is -0.241. The van der Waals surface area contributed by atoms with Gasteiger partial charge in [-0.3, -0.25) is 9.59 Å². The highest BCUT2D eigenvalue weighted by molar-refractivity contribution is 5.90. The van der Waals surface area contributed by atoms with Crippen LogP contribution >= 0.6 is 0 Å². The Morgan fingerprint density at radius 1 is 1.08 bits per heavy atom. The van der Waals surface area contributed by atoms with Crippen LogP contribution in [0, 0.1) is 28.6 Å². The van der Waals surface area contributed by atoms with E-state index in [4.69, 9.17) is 14.2 Å². The summed E-state index contributed by atoms with van der Waals surface area (Å²) in [6.07, 6.45) is 19.0. The topological polar surface area (TPSA) is 86.5 Å². The van der Waals surface area contributed by atoms with E-state index in [1.807, 2.05) is 44.2 Å². The number of fused-ring (bicyclic) bond motifs is 3. The summed E-state index contributed by atoms with van der Waals surface area (Å²) in [6.45, 7) is 14.7. The second-order valence-corrected chi connectivity index (χ2v) is 14.6. The maximum atomic E-state index is 14.8. The first kappa shape index (κ1) is 38.6. The first-order valence-corrected chi connectivity index (χ1v) is 18.5. The van der Waals surface area contributed by atoms with Crippen molar-refractivity contribution in [3.05, 3.63) is 77.2 Å². The minimum Gasteiger partial charge on any atom is -0.490 e. The van der Waals surface area contributed by atoms with E-state index < -0.39 is 11.9 Å². The molecule has 3 aliphatic carbocycles. The van der Waals surface area contributed by atoms with Crippen LogP contribution in [0.1, 0.15) is 112 Å². The molecule has 0 radical (unpaired) electrons. The number of Topliss-reactive ketones (excluding diaryl/α,β-unsaturated/α-hetero) is 1. The fourth-order valence-electron chi connectivity index (χ4n) is 9.41. The number of methoxy groups -OCH3 is 1. The highest BCUT2D eigenvalue weighted by atomic mass is 16.7. The van der Waals surface area contributed by atoms with Crippen molar-refractivity contribution in [1.29, 1.82) is 0 Å². The predicted octanol–water partition coefficient (Wildman–Crippen LogP) is 10.6. The van der Waals surface area contributed by atoms with Gasteiger partial charge in [0.1, 0.15) is 18.5 Å². The lowest BCUT2D eigenvalue weighted by Gasteiger charge is -2.58. The number of hydrogen-bond acceptors (Lipinski definition) is 7. The normalized spacial score (nSPS) is 32.0. The van der Waals surface area contributed by atoms with Crippen LogP contribution in [0.25, 0.3) is 0 Å². The molecule has 3 fully saturated rings. The Kier molecular flexibility index (Phi) is 13.5. The number of nitrogens with zero attached hydrogens (tertiary/aromatic N) is 2. The van der Waals surface area contributed by atoms with Crippen LogP contribution in [0.3, 0.4) is 0 Å². The van der Waals surface area contributed by atoms with E-state index in [0.717, 1.165) is 80.4 Å². The molecule has 7 heteroatoms. The van der Waals surface area contributed by atoms with Gasteiger partial charge in [-0.25, -0.2) is 0 Å². The Hall–Kier alpha value is -3.16. The van der Waals surface area contributed by atoms with Crippen LogP contribution in [0.15, 0.2) is 81.9 Å². The monoisotopic (exact) mass is 672 g/mol. The maximum absolute atomic E-state index is 14.8. The molecule has 7 atom stereocenters. The van der Waals surface area contributed by atoms with Gasteiger partial charge in [0.15, 0.2) is 6.29 Å². The van der Waals surface area contributed by atoms with Crippen LogP contribution in [-0.2, 0) is 30.2 Å². The van der Waals surface area contributed by atoms with Crippen LogP contribution in [0.2, 0.25) is 0 Å². The summed E-state index contributed by atoms with van der Waals surface area (Å²) in [5.41, 5.74) is 2.31. The largest absolute Gasteiger partial charge is 0.490 e. The number of hydrogen-bond donors (Lipinski definition) is 0. The number of ketones is 1. The van der Waals surface area contributed by atoms with Crippen LogP contribution in [0.4, 0.5) is 5.69 Å². The average molecular weight is 673 g/mol. The van der Waals surface area contributed by atoms with Crippen molar-refractivity contribution in [3.63, 3.8) is 0 Å². The standard InChI is InChI=1S/C42H60N2O5/c1-9-15-33(28-31-17-13-14-18-37(31)44-43-30(5)12-4)48-29-38(46)42(49-39(47-8)16-10-2)26-22-36-34-20-19-32(23-27-45)40(6,24-11-3)35(34)21-25-41(36,42)7/h11-15,17-18,23-24,27,34-36,39H,9-10,16,19-22,25-26,28-29H2,1-8H3/b24-11-,30-12+,32-23-,33-15?,44-43?. The lowest BCUT2D eigenvalue weighted by atomic mass is 9.47. The number of aldehydes is 1. The number of ether oxygens (including phenoxy) is 3. The first-order valence-electron chi connectivity index (χ1n) is 18.5. The van der Waals surface area contributed by atoms with Gasteiger partial charge in [-0.2, -0.15) is 10.2 Å². The summed E-state index contributed by atoms with van der Waals surface area (Å²) in [5, 5.41) is 8.83. The highest BCUT2D eigenvalue weighted by Crippen LogP contribution is 2.68. The Bertz CT molecular complexity index is 1460. The highest BCUT2D eigenvalue weighted by Gasteiger charge is 2.67. The van der Waals surface area contributed by atoms with Gasteiger partial charge >= 0.3 is 0 Å². The molecule has 7 unspecified atom stereocenters. The van der Waals surface area contributed by atoms with Crippen molar-refractivity contribution in [2.24, 2.45) is 38.8 Å². The fraction of sp³-hybridized carbons (Fsp3) is 0.619.